The van der Waals surface area contributed by atoms with Gasteiger partial charge in [0.15, 0.2) is 11.5 Å². The molecule has 2 N–H and O–H groups in total. The molecule has 1 unspecified atom stereocenters. The van der Waals surface area contributed by atoms with Crippen molar-refractivity contribution in [3.05, 3.63) is 17.2 Å². The summed E-state index contributed by atoms with van der Waals surface area (Å²) in [6.45, 7) is 0.507. The van der Waals surface area contributed by atoms with Crippen molar-refractivity contribution in [3.8, 4) is 17.2 Å². The predicted octanol–water partition coefficient (Wildman–Crippen LogP) is 2.59. The van der Waals surface area contributed by atoms with Crippen LogP contribution in [0, 0.1) is 5.92 Å². The number of hydrogen-bond donors (Lipinski definition) is 2. The van der Waals surface area contributed by atoms with Crippen molar-refractivity contribution in [1.82, 2.24) is 5.32 Å². The zero-order chi connectivity index (χ0) is 19.1. The summed E-state index contributed by atoms with van der Waals surface area (Å²) in [7, 11) is 6.31. The molecule has 146 valence electrons. The van der Waals surface area contributed by atoms with Gasteiger partial charge in [0.2, 0.25) is 5.75 Å². The summed E-state index contributed by atoms with van der Waals surface area (Å²) < 4.78 is 27.5. The first-order valence-electron chi connectivity index (χ1n) is 8.44. The van der Waals surface area contributed by atoms with Crippen molar-refractivity contribution in [2.24, 2.45) is 5.92 Å². The second-order valence-electron chi connectivity index (χ2n) is 6.10. The van der Waals surface area contributed by atoms with Crippen molar-refractivity contribution >= 4 is 6.09 Å². The minimum absolute atomic E-state index is 0.127. The van der Waals surface area contributed by atoms with Crippen LogP contribution in [0.4, 0.5) is 4.79 Å². The van der Waals surface area contributed by atoms with E-state index >= 15 is 0 Å². The summed E-state index contributed by atoms with van der Waals surface area (Å²) in [6, 6.07) is 1.91. The summed E-state index contributed by atoms with van der Waals surface area (Å²) >= 11 is 0. The summed E-state index contributed by atoms with van der Waals surface area (Å²) in [5.74, 6) is 1.86. The second-order valence-corrected chi connectivity index (χ2v) is 6.10. The van der Waals surface area contributed by atoms with E-state index in [9.17, 15) is 4.79 Å². The molecular formula is C18H27NO7. The van der Waals surface area contributed by atoms with Crippen molar-refractivity contribution in [3.63, 3.8) is 0 Å². The monoisotopic (exact) mass is 369 g/mol. The van der Waals surface area contributed by atoms with Crippen LogP contribution in [0.1, 0.15) is 30.1 Å². The Morgan fingerprint density at radius 3 is 2.50 bits per heavy atom. The maximum atomic E-state index is 10.9. The quantitative estimate of drug-likeness (QED) is 0.537. The molecule has 8 heteroatoms. The first kappa shape index (κ1) is 20.1. The highest BCUT2D eigenvalue weighted by Crippen LogP contribution is 2.47. The minimum Gasteiger partial charge on any atom is -0.493 e. The molecule has 0 radical (unpaired) electrons. The van der Waals surface area contributed by atoms with Crippen molar-refractivity contribution in [2.75, 3.05) is 41.8 Å². The number of methoxy groups -OCH3 is 4. The third kappa shape index (κ3) is 4.50. The van der Waals surface area contributed by atoms with Crippen LogP contribution in [-0.2, 0) is 15.9 Å². The molecule has 1 amide bonds. The van der Waals surface area contributed by atoms with E-state index in [2.05, 4.69) is 5.32 Å². The number of amides is 1. The van der Waals surface area contributed by atoms with Gasteiger partial charge in [0.05, 0.1) is 27.4 Å². The van der Waals surface area contributed by atoms with Gasteiger partial charge in [-0.2, -0.15) is 0 Å². The average Bonchev–Trinajstić information content (AvgIpc) is 2.82. The molecule has 0 heterocycles. The van der Waals surface area contributed by atoms with Gasteiger partial charge in [-0.1, -0.05) is 0 Å². The maximum absolute atomic E-state index is 10.9. The summed E-state index contributed by atoms with van der Waals surface area (Å²) in [5.41, 5.74) is 1.94. The normalized spacial score (nSPS) is 19.2. The Morgan fingerprint density at radius 1 is 1.19 bits per heavy atom. The predicted molar refractivity (Wildman–Crippen MR) is 94.3 cm³/mol. The van der Waals surface area contributed by atoms with E-state index in [1.54, 1.807) is 28.4 Å². The highest BCUT2D eigenvalue weighted by atomic mass is 16.7. The van der Waals surface area contributed by atoms with Gasteiger partial charge in [-0.3, -0.25) is 0 Å². The van der Waals surface area contributed by atoms with Crippen LogP contribution in [0.3, 0.4) is 0 Å². The van der Waals surface area contributed by atoms with Gasteiger partial charge in [-0.25, -0.2) is 4.79 Å². The highest BCUT2D eigenvalue weighted by molar-refractivity contribution is 5.64. The van der Waals surface area contributed by atoms with Crippen LogP contribution < -0.4 is 19.5 Å². The van der Waals surface area contributed by atoms with E-state index in [1.165, 1.54) is 0 Å². The molecule has 2 rings (SSSR count). The van der Waals surface area contributed by atoms with Crippen molar-refractivity contribution < 1.29 is 33.6 Å². The van der Waals surface area contributed by atoms with Crippen LogP contribution >= 0.6 is 0 Å². The Balaban J connectivity index is 2.43. The van der Waals surface area contributed by atoms with Crippen LogP contribution in [0.2, 0.25) is 0 Å². The Hall–Kier alpha value is -2.19. The first-order chi connectivity index (χ1) is 12.5. The van der Waals surface area contributed by atoms with Crippen LogP contribution in [0.15, 0.2) is 6.07 Å². The average molecular weight is 369 g/mol. The van der Waals surface area contributed by atoms with Gasteiger partial charge in [-0.15, -0.1) is 0 Å². The molecule has 8 nitrogen and oxygen atoms in total. The minimum atomic E-state index is -1.03. The number of carboxylic acid groups (broad SMARTS) is 1. The fourth-order valence-electron chi connectivity index (χ4n) is 3.40. The molecule has 1 aromatic rings. The van der Waals surface area contributed by atoms with E-state index in [0.29, 0.717) is 30.2 Å². The Bertz CT molecular complexity index is 620. The number of carbonyl (C=O) groups is 1. The Kier molecular flexibility index (Phi) is 7.35. The summed E-state index contributed by atoms with van der Waals surface area (Å²) in [6.07, 6.45) is 0.891. The second kappa shape index (κ2) is 9.49. The fraction of sp³-hybridized carbons (Fsp3) is 0.611. The lowest BCUT2D eigenvalue weighted by atomic mass is 9.97. The van der Waals surface area contributed by atoms with E-state index in [-0.39, 0.29) is 18.8 Å². The molecule has 0 saturated heterocycles. The van der Waals surface area contributed by atoms with Crippen molar-refractivity contribution in [2.45, 2.75) is 25.4 Å². The van der Waals surface area contributed by atoms with Crippen LogP contribution in [0.5, 0.6) is 17.2 Å². The Labute approximate surface area is 153 Å². The number of nitrogens with one attached hydrogen (secondary N) is 1. The molecule has 0 bridgehead atoms. The third-order valence-corrected chi connectivity index (χ3v) is 4.59. The van der Waals surface area contributed by atoms with Gasteiger partial charge in [-0.05, 0) is 36.8 Å². The van der Waals surface area contributed by atoms with Gasteiger partial charge in [0, 0.05) is 19.2 Å². The maximum Gasteiger partial charge on any atom is 0.404 e. The van der Waals surface area contributed by atoms with Crippen LogP contribution in [-0.4, -0.2) is 53.0 Å². The SMILES string of the molecule is COCOC1C[C@H](CNC(=O)O)CCc2c1cc(OC)c(OC)c2OC. The topological polar surface area (TPSA) is 95.5 Å². The highest BCUT2D eigenvalue weighted by Gasteiger charge is 2.31. The van der Waals surface area contributed by atoms with Gasteiger partial charge in [0.25, 0.3) is 0 Å². The van der Waals surface area contributed by atoms with Gasteiger partial charge >= 0.3 is 6.09 Å². The molecule has 1 aliphatic carbocycles. The third-order valence-electron chi connectivity index (χ3n) is 4.59. The molecule has 1 aromatic carbocycles. The molecule has 2 atom stereocenters. The fourth-order valence-corrected chi connectivity index (χ4v) is 3.40. The summed E-state index contributed by atoms with van der Waals surface area (Å²) in [4.78, 5) is 10.9. The summed E-state index contributed by atoms with van der Waals surface area (Å²) in [5, 5.41) is 11.4. The van der Waals surface area contributed by atoms with Crippen LogP contribution in [0.25, 0.3) is 0 Å². The molecule has 0 spiro atoms. The van der Waals surface area contributed by atoms with E-state index in [0.717, 1.165) is 24.0 Å². The number of fused-ring (bicyclic) bond motifs is 1. The van der Waals surface area contributed by atoms with Crippen molar-refractivity contribution in [1.29, 1.82) is 0 Å². The number of benzene rings is 1. The van der Waals surface area contributed by atoms with E-state index < -0.39 is 6.09 Å². The molecule has 1 aliphatic rings. The van der Waals surface area contributed by atoms with E-state index in [4.69, 9.17) is 28.8 Å². The lowest BCUT2D eigenvalue weighted by molar-refractivity contribution is -0.0797. The molecule has 0 fully saturated rings. The molecule has 0 aromatic heterocycles. The number of rotatable bonds is 8. The largest absolute Gasteiger partial charge is 0.493 e. The number of ether oxygens (including phenoxy) is 5. The van der Waals surface area contributed by atoms with Gasteiger partial charge < -0.3 is 34.1 Å². The lowest BCUT2D eigenvalue weighted by Gasteiger charge is -2.23. The standard InChI is InChI=1S/C18H27NO7/c1-22-10-26-14-7-11(9-19-18(20)21)5-6-12-13(14)8-15(23-2)17(25-4)16(12)24-3/h8,11,14,19H,5-7,9-10H2,1-4H3,(H,20,21)/t11-,14?/m1/s1. The van der Waals surface area contributed by atoms with E-state index in [1.807, 2.05) is 6.07 Å². The smallest absolute Gasteiger partial charge is 0.404 e. The zero-order valence-electron chi connectivity index (χ0n) is 15.7. The zero-order valence-corrected chi connectivity index (χ0v) is 15.7. The number of hydrogen-bond acceptors (Lipinski definition) is 6. The lowest BCUT2D eigenvalue weighted by Crippen LogP contribution is -2.28. The first-order valence-corrected chi connectivity index (χ1v) is 8.44. The molecule has 26 heavy (non-hydrogen) atoms. The Morgan fingerprint density at radius 2 is 1.92 bits per heavy atom. The molecule has 0 saturated carbocycles. The molecular weight excluding hydrogens is 342 g/mol. The van der Waals surface area contributed by atoms with Gasteiger partial charge in [0.1, 0.15) is 6.79 Å². The molecule has 0 aliphatic heterocycles.